The highest BCUT2D eigenvalue weighted by Gasteiger charge is 2.17. The SMILES string of the molecule is Oc1cc2oc(-c3ccccc3)c/c(=N/CCOCCOCCNCC(O)COc3ccc(Oc4ccccc4)c(Oc4ccccc4)c3)c2c(O)c1O. The normalized spacial score (nSPS) is 12.1. The van der Waals surface area contributed by atoms with Crippen LogP contribution in [0.2, 0.25) is 0 Å². The number of phenols is 3. The highest BCUT2D eigenvalue weighted by Crippen LogP contribution is 2.41. The standard InChI is InChI=1S/C42H42N2O10/c45-30(28-51-33-16-17-36(52-31-12-6-2-7-13-31)38(24-33)53-32-14-8-3-9-15-32)27-43-18-20-49-22-23-50-21-19-44-34-25-37(29-10-4-1-5-11-29)54-39-26-35(46)41(47)42(48)40(34)39/h1-17,24-26,30,43,45-48H,18-23,27-28H2/b44-34-. The number of para-hydroxylation sites is 2. The Kier molecular flexibility index (Phi) is 13.4. The molecule has 0 aliphatic heterocycles. The number of rotatable bonds is 19. The first kappa shape index (κ1) is 37.7. The lowest BCUT2D eigenvalue weighted by Gasteiger charge is -2.16. The Morgan fingerprint density at radius 3 is 2.00 bits per heavy atom. The molecule has 280 valence electrons. The summed E-state index contributed by atoms with van der Waals surface area (Å²) in [6, 6.07) is 36.4. The lowest BCUT2D eigenvalue weighted by atomic mass is 10.1. The summed E-state index contributed by atoms with van der Waals surface area (Å²) in [6.07, 6.45) is -0.758. The number of aliphatic hydroxyl groups is 1. The Labute approximate surface area is 312 Å². The van der Waals surface area contributed by atoms with Crippen molar-refractivity contribution in [2.75, 3.05) is 52.7 Å². The maximum atomic E-state index is 10.5. The van der Waals surface area contributed by atoms with E-state index in [0.29, 0.717) is 72.8 Å². The van der Waals surface area contributed by atoms with Crippen LogP contribution in [0.1, 0.15) is 0 Å². The van der Waals surface area contributed by atoms with E-state index < -0.39 is 23.4 Å². The molecule has 5 N–H and O–H groups in total. The minimum absolute atomic E-state index is 0.0702. The van der Waals surface area contributed by atoms with Gasteiger partial charge in [-0.1, -0.05) is 66.7 Å². The van der Waals surface area contributed by atoms with Crippen LogP contribution < -0.4 is 24.9 Å². The van der Waals surface area contributed by atoms with Crippen molar-refractivity contribution in [1.29, 1.82) is 0 Å². The van der Waals surface area contributed by atoms with Crippen molar-refractivity contribution in [3.63, 3.8) is 0 Å². The molecular formula is C42H42N2O10. The monoisotopic (exact) mass is 734 g/mol. The Bertz CT molecular complexity index is 2140. The molecule has 0 aliphatic rings. The van der Waals surface area contributed by atoms with Gasteiger partial charge in [-0.15, -0.1) is 0 Å². The van der Waals surface area contributed by atoms with Crippen LogP contribution in [0.15, 0.2) is 131 Å². The largest absolute Gasteiger partial charge is 0.504 e. The van der Waals surface area contributed by atoms with E-state index in [1.807, 2.05) is 91.0 Å². The van der Waals surface area contributed by atoms with Crippen molar-refractivity contribution in [3.05, 3.63) is 127 Å². The van der Waals surface area contributed by atoms with Crippen molar-refractivity contribution >= 4 is 11.0 Å². The van der Waals surface area contributed by atoms with E-state index in [1.54, 1.807) is 24.3 Å². The van der Waals surface area contributed by atoms with E-state index in [2.05, 4.69) is 10.3 Å². The van der Waals surface area contributed by atoms with Gasteiger partial charge in [-0.05, 0) is 36.4 Å². The molecule has 12 nitrogen and oxygen atoms in total. The third kappa shape index (κ3) is 10.5. The number of aromatic hydroxyl groups is 3. The van der Waals surface area contributed by atoms with Crippen LogP contribution in [0.5, 0.6) is 46.0 Å². The summed E-state index contributed by atoms with van der Waals surface area (Å²) < 4.78 is 35.2. The number of ether oxygens (including phenoxy) is 5. The van der Waals surface area contributed by atoms with E-state index in [9.17, 15) is 20.4 Å². The van der Waals surface area contributed by atoms with Crippen LogP contribution in [0.25, 0.3) is 22.3 Å². The quantitative estimate of drug-likeness (QED) is 0.0441. The van der Waals surface area contributed by atoms with Crippen LogP contribution in [0.4, 0.5) is 0 Å². The molecular weight excluding hydrogens is 692 g/mol. The highest BCUT2D eigenvalue weighted by atomic mass is 16.5. The number of hydrogen-bond acceptors (Lipinski definition) is 12. The molecule has 12 heteroatoms. The molecule has 0 saturated carbocycles. The fourth-order valence-corrected chi connectivity index (χ4v) is 5.35. The molecule has 0 spiro atoms. The van der Waals surface area contributed by atoms with Crippen LogP contribution in [-0.4, -0.2) is 79.2 Å². The van der Waals surface area contributed by atoms with Gasteiger partial charge in [0.25, 0.3) is 0 Å². The summed E-state index contributed by atoms with van der Waals surface area (Å²) >= 11 is 0. The van der Waals surface area contributed by atoms with E-state index in [0.717, 1.165) is 5.56 Å². The Hall–Kier alpha value is -6.05. The second-order valence-corrected chi connectivity index (χ2v) is 12.0. The summed E-state index contributed by atoms with van der Waals surface area (Å²) in [7, 11) is 0. The van der Waals surface area contributed by atoms with E-state index in [1.165, 1.54) is 6.07 Å². The second kappa shape index (κ2) is 19.1. The summed E-state index contributed by atoms with van der Waals surface area (Å²) in [4.78, 5) is 4.57. The average Bonchev–Trinajstić information content (AvgIpc) is 3.20. The second-order valence-electron chi connectivity index (χ2n) is 12.0. The molecule has 0 saturated heterocycles. The number of fused-ring (bicyclic) bond motifs is 1. The molecule has 6 rings (SSSR count). The molecule has 0 bridgehead atoms. The third-order valence-corrected chi connectivity index (χ3v) is 8.01. The highest BCUT2D eigenvalue weighted by molar-refractivity contribution is 5.89. The maximum Gasteiger partial charge on any atom is 0.201 e. The predicted octanol–water partition coefficient (Wildman–Crippen LogP) is 6.76. The van der Waals surface area contributed by atoms with Gasteiger partial charge in [-0.2, -0.15) is 0 Å². The van der Waals surface area contributed by atoms with Gasteiger partial charge in [0.15, 0.2) is 23.0 Å². The number of aliphatic hydroxyl groups excluding tert-OH is 1. The van der Waals surface area contributed by atoms with E-state index in [4.69, 9.17) is 28.1 Å². The maximum absolute atomic E-state index is 10.5. The summed E-state index contributed by atoms with van der Waals surface area (Å²) in [5.74, 6) is 1.69. The Balaban J connectivity index is 0.899. The lowest BCUT2D eigenvalue weighted by molar-refractivity contribution is 0.0498. The topological polar surface area (TPSA) is 165 Å². The van der Waals surface area contributed by atoms with Crippen molar-refractivity contribution in [2.45, 2.75) is 6.10 Å². The average molecular weight is 735 g/mol. The van der Waals surface area contributed by atoms with Gasteiger partial charge >= 0.3 is 0 Å². The minimum atomic E-state index is -0.758. The molecule has 54 heavy (non-hydrogen) atoms. The van der Waals surface area contributed by atoms with Crippen LogP contribution >= 0.6 is 0 Å². The fraction of sp³-hybridized carbons (Fsp3) is 0.214. The zero-order valence-corrected chi connectivity index (χ0v) is 29.5. The number of nitrogens with zero attached hydrogens (tertiary/aromatic N) is 1. The number of phenolic OH excluding ortho intramolecular Hbond substituents is 3. The summed E-state index contributed by atoms with van der Waals surface area (Å²) in [6.45, 7) is 2.58. The van der Waals surface area contributed by atoms with Crippen molar-refractivity contribution < 1.29 is 48.5 Å². The molecule has 0 amide bonds. The minimum Gasteiger partial charge on any atom is -0.504 e. The number of benzene rings is 5. The summed E-state index contributed by atoms with van der Waals surface area (Å²) in [5.41, 5.74) is 0.961. The number of hydrogen-bond donors (Lipinski definition) is 5. The summed E-state index contributed by atoms with van der Waals surface area (Å²) in [5, 5.41) is 44.9. The van der Waals surface area contributed by atoms with Gasteiger partial charge in [-0.25, -0.2) is 0 Å². The first-order valence-corrected chi connectivity index (χ1v) is 17.5. The molecule has 6 aromatic rings. The molecule has 1 heterocycles. The lowest BCUT2D eigenvalue weighted by Crippen LogP contribution is -2.33. The fourth-order valence-electron chi connectivity index (χ4n) is 5.35. The predicted molar refractivity (Wildman–Crippen MR) is 203 cm³/mol. The molecule has 1 atom stereocenters. The van der Waals surface area contributed by atoms with Crippen molar-refractivity contribution in [1.82, 2.24) is 5.32 Å². The van der Waals surface area contributed by atoms with E-state index >= 15 is 0 Å². The van der Waals surface area contributed by atoms with Crippen LogP contribution in [0, 0.1) is 0 Å². The number of nitrogens with one attached hydrogen (secondary N) is 1. The van der Waals surface area contributed by atoms with Crippen molar-refractivity contribution in [3.8, 4) is 57.3 Å². The molecule has 0 fully saturated rings. The van der Waals surface area contributed by atoms with Gasteiger partial charge in [0.1, 0.15) is 41.3 Å². The molecule has 0 aliphatic carbocycles. The molecule has 0 radical (unpaired) electrons. The Morgan fingerprint density at radius 1 is 0.648 bits per heavy atom. The third-order valence-electron chi connectivity index (χ3n) is 8.01. The first-order chi connectivity index (χ1) is 26.4. The Morgan fingerprint density at radius 2 is 1.30 bits per heavy atom. The zero-order valence-electron chi connectivity index (χ0n) is 29.5. The van der Waals surface area contributed by atoms with Gasteiger partial charge in [0, 0.05) is 36.9 Å². The molecule has 5 aromatic carbocycles. The van der Waals surface area contributed by atoms with Gasteiger partial charge in [0.2, 0.25) is 5.75 Å². The van der Waals surface area contributed by atoms with Crippen LogP contribution in [0.3, 0.4) is 0 Å². The van der Waals surface area contributed by atoms with E-state index in [-0.39, 0.29) is 30.7 Å². The van der Waals surface area contributed by atoms with Crippen molar-refractivity contribution in [2.24, 2.45) is 4.99 Å². The zero-order chi connectivity index (χ0) is 37.5. The van der Waals surface area contributed by atoms with Crippen LogP contribution in [-0.2, 0) is 9.47 Å². The van der Waals surface area contributed by atoms with Gasteiger partial charge in [0.05, 0.1) is 43.7 Å². The molecule has 1 unspecified atom stereocenters. The van der Waals surface area contributed by atoms with Gasteiger partial charge in [-0.3, -0.25) is 4.99 Å². The smallest absolute Gasteiger partial charge is 0.201 e. The van der Waals surface area contributed by atoms with Gasteiger partial charge < -0.3 is 53.8 Å². The first-order valence-electron chi connectivity index (χ1n) is 17.5. The molecule has 1 aromatic heterocycles.